The van der Waals surface area contributed by atoms with Crippen LogP contribution in [-0.4, -0.2) is 21.8 Å². The predicted molar refractivity (Wildman–Crippen MR) is 80.6 cm³/mol. The first-order chi connectivity index (χ1) is 9.76. The minimum absolute atomic E-state index is 0.451. The van der Waals surface area contributed by atoms with E-state index in [1.807, 2.05) is 24.3 Å². The zero-order chi connectivity index (χ0) is 14.1. The number of rotatable bonds is 4. The third-order valence-corrected chi connectivity index (χ3v) is 3.48. The summed E-state index contributed by atoms with van der Waals surface area (Å²) in [5.74, 6) is 1.35. The van der Waals surface area contributed by atoms with Gasteiger partial charge < -0.3 is 10.6 Å². The number of para-hydroxylation sites is 1. The van der Waals surface area contributed by atoms with Crippen LogP contribution < -0.4 is 10.6 Å². The maximum Gasteiger partial charge on any atom is 0.152 e. The van der Waals surface area contributed by atoms with Gasteiger partial charge in [-0.3, -0.25) is 0 Å². The molecule has 2 N–H and O–H groups in total. The summed E-state index contributed by atoms with van der Waals surface area (Å²) in [6.45, 7) is 2.16. The number of nitrogen functional groups attached to an aromatic ring is 1. The van der Waals surface area contributed by atoms with Crippen LogP contribution in [0.25, 0.3) is 21.9 Å². The largest absolute Gasteiger partial charge is 0.415 e. The number of imidazole rings is 1. The Hall–Kier alpha value is -2.30. The summed E-state index contributed by atoms with van der Waals surface area (Å²) in [6.07, 6.45) is 3.05. The van der Waals surface area contributed by atoms with Crippen LogP contribution in [0.4, 0.5) is 5.82 Å². The Balaban J connectivity index is 2.35. The Morgan fingerprint density at radius 2 is 2.05 bits per heavy atom. The molecule has 104 valence electrons. The van der Waals surface area contributed by atoms with Gasteiger partial charge in [-0.15, -0.1) is 0 Å². The molecule has 0 radical (unpaired) electrons. The van der Waals surface area contributed by atoms with Crippen molar-refractivity contribution in [2.24, 2.45) is 0 Å². The van der Waals surface area contributed by atoms with Crippen LogP contribution in [0.15, 0.2) is 24.3 Å². The molecular weight excluding hydrogens is 252 g/mol. The molecule has 0 saturated heterocycles. The van der Waals surface area contributed by atoms with Gasteiger partial charge in [-0.25, -0.2) is 9.97 Å². The fourth-order valence-electron chi connectivity index (χ4n) is 2.51. The molecule has 0 aliphatic heterocycles. The van der Waals surface area contributed by atoms with Crippen molar-refractivity contribution < 1.29 is 4.84 Å². The van der Waals surface area contributed by atoms with Crippen LogP contribution in [-0.2, 0) is 6.42 Å². The smallest absolute Gasteiger partial charge is 0.152 e. The van der Waals surface area contributed by atoms with Crippen LogP contribution >= 0.6 is 0 Å². The lowest BCUT2D eigenvalue weighted by molar-refractivity contribution is 0.168. The summed E-state index contributed by atoms with van der Waals surface area (Å²) in [4.78, 5) is 14.6. The molecule has 2 aromatic heterocycles. The van der Waals surface area contributed by atoms with E-state index in [0.717, 1.165) is 47.0 Å². The van der Waals surface area contributed by atoms with Crippen LogP contribution in [0, 0.1) is 0 Å². The molecule has 5 heteroatoms. The molecule has 0 fully saturated rings. The summed E-state index contributed by atoms with van der Waals surface area (Å²) >= 11 is 0. The van der Waals surface area contributed by atoms with E-state index in [1.165, 1.54) is 0 Å². The summed E-state index contributed by atoms with van der Waals surface area (Å²) in [7, 11) is 1.65. The van der Waals surface area contributed by atoms with Crippen LogP contribution in [0.1, 0.15) is 25.6 Å². The van der Waals surface area contributed by atoms with E-state index in [1.54, 1.807) is 11.8 Å². The molecule has 0 atom stereocenters. The average Bonchev–Trinajstić information content (AvgIpc) is 2.84. The lowest BCUT2D eigenvalue weighted by Gasteiger charge is -2.08. The van der Waals surface area contributed by atoms with Crippen molar-refractivity contribution in [1.29, 1.82) is 0 Å². The quantitative estimate of drug-likeness (QED) is 0.791. The number of unbranched alkanes of at least 4 members (excludes halogenated alkanes) is 1. The Kier molecular flexibility index (Phi) is 3.18. The summed E-state index contributed by atoms with van der Waals surface area (Å²) in [6, 6.07) is 7.90. The number of aryl methyl sites for hydroxylation is 1. The molecule has 0 aliphatic rings. The molecular formula is C15H18N4O. The van der Waals surface area contributed by atoms with E-state index in [-0.39, 0.29) is 0 Å². The lowest BCUT2D eigenvalue weighted by atomic mass is 10.2. The van der Waals surface area contributed by atoms with E-state index >= 15 is 0 Å². The Morgan fingerprint density at radius 3 is 2.80 bits per heavy atom. The number of nitrogens with two attached hydrogens (primary N) is 1. The van der Waals surface area contributed by atoms with Crippen LogP contribution in [0.5, 0.6) is 0 Å². The maximum atomic E-state index is 6.05. The van der Waals surface area contributed by atoms with Crippen molar-refractivity contribution in [1.82, 2.24) is 14.7 Å². The van der Waals surface area contributed by atoms with E-state index in [0.29, 0.717) is 5.82 Å². The first kappa shape index (κ1) is 12.7. The van der Waals surface area contributed by atoms with Crippen molar-refractivity contribution in [3.8, 4) is 0 Å². The van der Waals surface area contributed by atoms with Crippen molar-refractivity contribution in [2.45, 2.75) is 26.2 Å². The Labute approximate surface area is 117 Å². The van der Waals surface area contributed by atoms with Gasteiger partial charge in [-0.2, -0.15) is 4.73 Å². The number of nitrogens with zero attached hydrogens (tertiary/aromatic N) is 3. The molecule has 0 saturated carbocycles. The van der Waals surface area contributed by atoms with Crippen molar-refractivity contribution >= 4 is 27.8 Å². The average molecular weight is 270 g/mol. The monoisotopic (exact) mass is 270 g/mol. The third-order valence-electron chi connectivity index (χ3n) is 3.48. The van der Waals surface area contributed by atoms with E-state index in [2.05, 4.69) is 16.9 Å². The molecule has 0 amide bonds. The molecule has 0 bridgehead atoms. The van der Waals surface area contributed by atoms with Gasteiger partial charge in [0.25, 0.3) is 0 Å². The molecule has 0 unspecified atom stereocenters. The fourth-order valence-corrected chi connectivity index (χ4v) is 2.51. The number of pyridine rings is 1. The molecule has 20 heavy (non-hydrogen) atoms. The first-order valence-corrected chi connectivity index (χ1v) is 6.86. The first-order valence-electron chi connectivity index (χ1n) is 6.86. The fraction of sp³-hybridized carbons (Fsp3) is 0.333. The molecule has 3 rings (SSSR count). The topological polar surface area (TPSA) is 66.0 Å². The van der Waals surface area contributed by atoms with Gasteiger partial charge >= 0.3 is 0 Å². The summed E-state index contributed by atoms with van der Waals surface area (Å²) in [5.41, 5.74) is 8.53. The summed E-state index contributed by atoms with van der Waals surface area (Å²) < 4.78 is 1.78. The van der Waals surface area contributed by atoms with E-state index < -0.39 is 0 Å². The highest BCUT2D eigenvalue weighted by atomic mass is 16.6. The second kappa shape index (κ2) is 5.00. The van der Waals surface area contributed by atoms with Crippen molar-refractivity contribution in [2.75, 3.05) is 12.8 Å². The maximum absolute atomic E-state index is 6.05. The highest BCUT2D eigenvalue weighted by Gasteiger charge is 2.17. The number of benzene rings is 1. The normalized spacial score (nSPS) is 11.3. The Morgan fingerprint density at radius 1 is 1.25 bits per heavy atom. The SMILES string of the molecule is CCCCc1nc2c(N)nc3ccccc3c2n1OC. The molecule has 3 aromatic rings. The molecule has 1 aromatic carbocycles. The van der Waals surface area contributed by atoms with Crippen molar-refractivity contribution in [3.05, 3.63) is 30.1 Å². The van der Waals surface area contributed by atoms with Gasteiger partial charge in [0.15, 0.2) is 5.82 Å². The van der Waals surface area contributed by atoms with Gasteiger partial charge in [0.1, 0.15) is 24.0 Å². The number of hydrogen-bond acceptors (Lipinski definition) is 4. The minimum Gasteiger partial charge on any atom is -0.415 e. The molecule has 2 heterocycles. The van der Waals surface area contributed by atoms with Gasteiger partial charge in [0.2, 0.25) is 0 Å². The third kappa shape index (κ3) is 1.86. The number of anilines is 1. The number of hydrogen-bond donors (Lipinski definition) is 1. The zero-order valence-corrected chi connectivity index (χ0v) is 11.8. The van der Waals surface area contributed by atoms with Gasteiger partial charge in [0.05, 0.1) is 5.52 Å². The standard InChI is InChI=1S/C15H18N4O/c1-3-4-9-12-18-13-14(19(12)20-2)10-7-5-6-8-11(10)17-15(13)16/h5-8H,3-4,9H2,1-2H3,(H2,16,17). The summed E-state index contributed by atoms with van der Waals surface area (Å²) in [5, 5.41) is 1.01. The highest BCUT2D eigenvalue weighted by Crippen LogP contribution is 2.28. The molecule has 0 aliphatic carbocycles. The van der Waals surface area contributed by atoms with Crippen LogP contribution in [0.3, 0.4) is 0 Å². The number of aromatic nitrogens is 3. The zero-order valence-electron chi connectivity index (χ0n) is 11.8. The highest BCUT2D eigenvalue weighted by molar-refractivity contribution is 6.06. The second-order valence-electron chi connectivity index (χ2n) is 4.82. The van der Waals surface area contributed by atoms with E-state index in [9.17, 15) is 0 Å². The predicted octanol–water partition coefficient (Wildman–Crippen LogP) is 2.57. The Bertz CT molecular complexity index is 763. The number of fused-ring (bicyclic) bond motifs is 3. The molecule has 0 spiro atoms. The van der Waals surface area contributed by atoms with Crippen molar-refractivity contribution in [3.63, 3.8) is 0 Å². The van der Waals surface area contributed by atoms with Gasteiger partial charge in [-0.05, 0) is 12.5 Å². The second-order valence-corrected chi connectivity index (χ2v) is 4.82. The van der Waals surface area contributed by atoms with Gasteiger partial charge in [-0.1, -0.05) is 31.5 Å². The van der Waals surface area contributed by atoms with E-state index in [4.69, 9.17) is 10.6 Å². The van der Waals surface area contributed by atoms with Crippen LogP contribution in [0.2, 0.25) is 0 Å². The van der Waals surface area contributed by atoms with Gasteiger partial charge in [0, 0.05) is 11.8 Å². The lowest BCUT2D eigenvalue weighted by Crippen LogP contribution is -2.10. The minimum atomic E-state index is 0.451. The molecule has 5 nitrogen and oxygen atoms in total.